The summed E-state index contributed by atoms with van der Waals surface area (Å²) in [6, 6.07) is 5.55. The van der Waals surface area contributed by atoms with Gasteiger partial charge in [0.2, 0.25) is 8.41 Å². The number of hydrogen-bond donors (Lipinski definition) is 1. The summed E-state index contributed by atoms with van der Waals surface area (Å²) >= 11 is 0. The van der Waals surface area contributed by atoms with E-state index in [-0.39, 0.29) is 0 Å². The Morgan fingerprint density at radius 2 is 1.96 bits per heavy atom. The van der Waals surface area contributed by atoms with Crippen LogP contribution in [0.1, 0.15) is 38.2 Å². The zero-order valence-corrected chi connectivity index (χ0v) is 14.4. The Labute approximate surface area is 137 Å². The van der Waals surface area contributed by atoms with Gasteiger partial charge in [-0.1, -0.05) is 38.0 Å². The molecule has 1 aliphatic rings. The predicted octanol–water partition coefficient (Wildman–Crippen LogP) is 4.80. The third kappa shape index (κ3) is 5.40. The quantitative estimate of drug-likeness (QED) is 0.474. The fourth-order valence-corrected chi connectivity index (χ4v) is 6.74. The zero-order valence-electron chi connectivity index (χ0n) is 13.4. The summed E-state index contributed by atoms with van der Waals surface area (Å²) in [6.45, 7) is 2.03. The first-order valence-electron chi connectivity index (χ1n) is 8.25. The lowest BCUT2D eigenvalue weighted by atomic mass is 9.95. The maximum absolute atomic E-state index is 14.5. The highest BCUT2D eigenvalue weighted by Gasteiger charge is 2.38. The van der Waals surface area contributed by atoms with E-state index < -0.39 is 26.1 Å². The average Bonchev–Trinajstić information content (AvgIpc) is 2.51. The zero-order chi connectivity index (χ0) is 16.9. The fourth-order valence-electron chi connectivity index (χ4n) is 3.24. The van der Waals surface area contributed by atoms with Gasteiger partial charge in [-0.05, 0) is 48.7 Å². The molecule has 0 aromatic heterocycles. The highest BCUT2D eigenvalue weighted by Crippen LogP contribution is 2.38. The van der Waals surface area contributed by atoms with Crippen LogP contribution in [0.3, 0.4) is 0 Å². The first-order chi connectivity index (χ1) is 10.9. The molecule has 1 aromatic rings. The van der Waals surface area contributed by atoms with Gasteiger partial charge in [0.1, 0.15) is 6.10 Å². The molecule has 0 aliphatic carbocycles. The summed E-state index contributed by atoms with van der Waals surface area (Å²) in [5.74, 6) is 3.78. The molecule has 0 radical (unpaired) electrons. The lowest BCUT2D eigenvalue weighted by molar-refractivity contribution is 0.188. The molecular weight excluding hydrogens is 317 g/mol. The Balaban J connectivity index is 1.85. The monoisotopic (exact) mass is 340 g/mol. The second kappa shape index (κ2) is 8.03. The molecule has 1 fully saturated rings. The van der Waals surface area contributed by atoms with Crippen LogP contribution in [0.25, 0.3) is 0 Å². The summed E-state index contributed by atoms with van der Waals surface area (Å²) in [4.78, 5) is 0. The third-order valence-corrected chi connectivity index (χ3v) is 8.32. The minimum absolute atomic E-state index is 0.303. The lowest BCUT2D eigenvalue weighted by Crippen LogP contribution is -2.34. The molecule has 2 rings (SSSR count). The summed E-state index contributed by atoms with van der Waals surface area (Å²) in [7, 11) is -2.51. The maximum Gasteiger partial charge on any atom is 0.247 e. The van der Waals surface area contributed by atoms with Crippen LogP contribution >= 0.6 is 0 Å². The molecule has 1 aliphatic heterocycles. The molecule has 1 unspecified atom stereocenters. The molecule has 1 aromatic carbocycles. The van der Waals surface area contributed by atoms with Gasteiger partial charge in [0, 0.05) is 5.56 Å². The van der Waals surface area contributed by atoms with Crippen molar-refractivity contribution >= 4 is 8.41 Å². The van der Waals surface area contributed by atoms with E-state index in [2.05, 4.69) is 11.8 Å². The van der Waals surface area contributed by atoms with E-state index in [9.17, 15) is 18.0 Å². The minimum Gasteiger partial charge on any atom is -0.380 e. The molecule has 1 saturated heterocycles. The molecular formula is C18H23F3OSi. The van der Waals surface area contributed by atoms with Crippen molar-refractivity contribution in [2.24, 2.45) is 5.92 Å². The molecule has 1 N–H and O–H groups in total. The van der Waals surface area contributed by atoms with Crippen molar-refractivity contribution in [2.75, 3.05) is 0 Å². The summed E-state index contributed by atoms with van der Waals surface area (Å²) in [5, 5.41) is 10.00. The van der Waals surface area contributed by atoms with Gasteiger partial charge in [-0.3, -0.25) is 0 Å². The van der Waals surface area contributed by atoms with Crippen molar-refractivity contribution in [1.29, 1.82) is 0 Å². The van der Waals surface area contributed by atoms with Crippen molar-refractivity contribution in [3.63, 3.8) is 0 Å². The number of aliphatic hydroxyl groups excluding tert-OH is 1. The minimum atomic E-state index is -2.51. The number of halogens is 3. The largest absolute Gasteiger partial charge is 0.380 e. The Morgan fingerprint density at radius 1 is 1.26 bits per heavy atom. The normalized spacial score (nSPS) is 25.5. The van der Waals surface area contributed by atoms with Gasteiger partial charge in [-0.15, -0.1) is 0 Å². The van der Waals surface area contributed by atoms with E-state index in [4.69, 9.17) is 0 Å². The SMILES string of the molecule is CCC[Si]1(F)CCC(CC(O)C#Cc2ccc(F)c(F)c2)CC1. The third-order valence-electron chi connectivity index (χ3n) is 4.56. The van der Waals surface area contributed by atoms with Gasteiger partial charge >= 0.3 is 0 Å². The molecule has 23 heavy (non-hydrogen) atoms. The van der Waals surface area contributed by atoms with Crippen LogP contribution in [-0.4, -0.2) is 19.6 Å². The van der Waals surface area contributed by atoms with Gasteiger partial charge in [0.05, 0.1) is 0 Å². The van der Waals surface area contributed by atoms with Gasteiger partial charge in [-0.25, -0.2) is 8.78 Å². The van der Waals surface area contributed by atoms with Crippen molar-refractivity contribution in [3.8, 4) is 11.8 Å². The molecule has 1 nitrogen and oxygen atoms in total. The van der Waals surface area contributed by atoms with Gasteiger partial charge < -0.3 is 9.21 Å². The van der Waals surface area contributed by atoms with Crippen molar-refractivity contribution in [3.05, 3.63) is 35.4 Å². The Bertz CT molecular complexity index is 586. The topological polar surface area (TPSA) is 20.2 Å². The Morgan fingerprint density at radius 3 is 2.57 bits per heavy atom. The first-order valence-corrected chi connectivity index (χ1v) is 10.8. The fraction of sp³-hybridized carbons (Fsp3) is 0.556. The summed E-state index contributed by atoms with van der Waals surface area (Å²) in [6.07, 6.45) is 2.27. The standard InChI is InChI=1S/C18H23F3OSi/c1-2-9-23(21)10-7-15(8-11-23)12-16(22)5-3-14-4-6-17(19)18(20)13-14/h4,6,13,15-16,22H,2,7-12H2,1H3. The first kappa shape index (κ1) is 18.1. The molecule has 0 spiro atoms. The molecule has 126 valence electrons. The maximum atomic E-state index is 14.5. The molecule has 0 saturated carbocycles. The highest BCUT2D eigenvalue weighted by molar-refractivity contribution is 6.73. The van der Waals surface area contributed by atoms with E-state index in [0.29, 0.717) is 30.0 Å². The van der Waals surface area contributed by atoms with Gasteiger partial charge in [0.25, 0.3) is 0 Å². The second-order valence-corrected chi connectivity index (χ2v) is 10.3. The number of aliphatic hydroxyl groups is 1. The van der Waals surface area contributed by atoms with Crippen LogP contribution in [0.5, 0.6) is 0 Å². The van der Waals surface area contributed by atoms with Crippen LogP contribution < -0.4 is 0 Å². The van der Waals surface area contributed by atoms with E-state index in [0.717, 1.165) is 37.4 Å². The van der Waals surface area contributed by atoms with Crippen LogP contribution in [0.2, 0.25) is 18.1 Å². The molecule has 1 atom stereocenters. The van der Waals surface area contributed by atoms with E-state index >= 15 is 0 Å². The number of hydrogen-bond acceptors (Lipinski definition) is 1. The van der Waals surface area contributed by atoms with E-state index in [1.54, 1.807) is 0 Å². The van der Waals surface area contributed by atoms with Gasteiger partial charge in [-0.2, -0.15) is 0 Å². The van der Waals surface area contributed by atoms with Crippen molar-refractivity contribution in [1.82, 2.24) is 0 Å². The Hall–Kier alpha value is -1.25. The molecule has 0 bridgehead atoms. The van der Waals surface area contributed by atoms with Crippen LogP contribution in [0.15, 0.2) is 18.2 Å². The van der Waals surface area contributed by atoms with Crippen LogP contribution in [0.4, 0.5) is 12.9 Å². The molecule has 0 amide bonds. The molecule has 1 heterocycles. The number of rotatable bonds is 4. The number of benzene rings is 1. The summed E-state index contributed by atoms with van der Waals surface area (Å²) in [5.41, 5.74) is 0.338. The predicted molar refractivity (Wildman–Crippen MR) is 88.2 cm³/mol. The highest BCUT2D eigenvalue weighted by atomic mass is 28.4. The van der Waals surface area contributed by atoms with Crippen LogP contribution in [-0.2, 0) is 0 Å². The van der Waals surface area contributed by atoms with Crippen molar-refractivity contribution in [2.45, 2.75) is 56.8 Å². The smallest absolute Gasteiger partial charge is 0.247 e. The van der Waals surface area contributed by atoms with E-state index in [1.807, 2.05) is 6.92 Å². The van der Waals surface area contributed by atoms with Crippen molar-refractivity contribution < 1.29 is 18.0 Å². The second-order valence-electron chi connectivity index (χ2n) is 6.49. The molecule has 5 heteroatoms. The van der Waals surface area contributed by atoms with Crippen LogP contribution in [0, 0.1) is 29.4 Å². The summed E-state index contributed by atoms with van der Waals surface area (Å²) < 4.78 is 40.4. The van der Waals surface area contributed by atoms with E-state index in [1.165, 1.54) is 6.07 Å². The van der Waals surface area contributed by atoms with Gasteiger partial charge in [0.15, 0.2) is 11.6 Å². The lowest BCUT2D eigenvalue weighted by Gasteiger charge is -2.32. The average molecular weight is 340 g/mol. The Kier molecular flexibility index (Phi) is 6.31.